The smallest absolute Gasteiger partial charge is 0.222 e. The fourth-order valence-electron chi connectivity index (χ4n) is 1.82. The molecule has 0 aliphatic carbocycles. The molecule has 0 bridgehead atoms. The molecule has 1 atom stereocenters. The fourth-order valence-corrected chi connectivity index (χ4v) is 1.82. The highest BCUT2D eigenvalue weighted by molar-refractivity contribution is 5.24. The zero-order chi connectivity index (χ0) is 10.5. The van der Waals surface area contributed by atoms with Crippen LogP contribution in [0.25, 0.3) is 0 Å². The van der Waals surface area contributed by atoms with E-state index in [1.165, 1.54) is 12.8 Å². The van der Waals surface area contributed by atoms with E-state index >= 15 is 0 Å². The van der Waals surface area contributed by atoms with Crippen LogP contribution in [-0.2, 0) is 0 Å². The summed E-state index contributed by atoms with van der Waals surface area (Å²) in [6, 6.07) is 0. The van der Waals surface area contributed by atoms with Crippen LogP contribution >= 0.6 is 0 Å². The Morgan fingerprint density at radius 2 is 2.27 bits per heavy atom. The van der Waals surface area contributed by atoms with E-state index in [9.17, 15) is 0 Å². The molecule has 1 aromatic rings. The van der Waals surface area contributed by atoms with E-state index < -0.39 is 0 Å². The lowest BCUT2D eigenvalue weighted by atomic mass is 10.00. The van der Waals surface area contributed by atoms with Crippen molar-refractivity contribution in [1.29, 1.82) is 0 Å². The van der Waals surface area contributed by atoms with E-state index in [4.69, 9.17) is 0 Å². The molecule has 4 nitrogen and oxygen atoms in total. The SMILES string of the molecule is Cc1cnc(NCC2CCCNC2)nc1. The summed E-state index contributed by atoms with van der Waals surface area (Å²) in [5, 5.41) is 6.68. The molecular weight excluding hydrogens is 188 g/mol. The van der Waals surface area contributed by atoms with Gasteiger partial charge in [0, 0.05) is 18.9 Å². The first kappa shape index (κ1) is 10.4. The number of rotatable bonds is 3. The molecule has 1 unspecified atom stereocenters. The molecule has 15 heavy (non-hydrogen) atoms. The third-order valence-electron chi connectivity index (χ3n) is 2.73. The van der Waals surface area contributed by atoms with Gasteiger partial charge < -0.3 is 10.6 Å². The summed E-state index contributed by atoms with van der Waals surface area (Å²) >= 11 is 0. The predicted molar refractivity (Wildman–Crippen MR) is 60.9 cm³/mol. The van der Waals surface area contributed by atoms with Crippen molar-refractivity contribution in [2.45, 2.75) is 19.8 Å². The van der Waals surface area contributed by atoms with Crippen molar-refractivity contribution in [2.24, 2.45) is 5.92 Å². The first-order valence-electron chi connectivity index (χ1n) is 5.58. The first-order valence-corrected chi connectivity index (χ1v) is 5.58. The van der Waals surface area contributed by atoms with Gasteiger partial charge in [0.25, 0.3) is 0 Å². The molecule has 0 saturated carbocycles. The summed E-state index contributed by atoms with van der Waals surface area (Å²) < 4.78 is 0. The highest BCUT2D eigenvalue weighted by Crippen LogP contribution is 2.10. The maximum absolute atomic E-state index is 4.22. The molecule has 2 heterocycles. The third-order valence-corrected chi connectivity index (χ3v) is 2.73. The van der Waals surface area contributed by atoms with E-state index in [-0.39, 0.29) is 0 Å². The molecule has 1 aromatic heterocycles. The summed E-state index contributed by atoms with van der Waals surface area (Å²) in [7, 11) is 0. The molecule has 4 heteroatoms. The second kappa shape index (κ2) is 5.07. The topological polar surface area (TPSA) is 49.8 Å². The van der Waals surface area contributed by atoms with Gasteiger partial charge >= 0.3 is 0 Å². The highest BCUT2D eigenvalue weighted by atomic mass is 15.1. The van der Waals surface area contributed by atoms with Crippen LogP contribution in [-0.4, -0.2) is 29.6 Å². The van der Waals surface area contributed by atoms with E-state index in [1.54, 1.807) is 0 Å². The zero-order valence-electron chi connectivity index (χ0n) is 9.16. The van der Waals surface area contributed by atoms with Gasteiger partial charge in [-0.05, 0) is 44.3 Å². The van der Waals surface area contributed by atoms with Crippen molar-refractivity contribution in [1.82, 2.24) is 15.3 Å². The Morgan fingerprint density at radius 1 is 1.47 bits per heavy atom. The van der Waals surface area contributed by atoms with Gasteiger partial charge in [-0.25, -0.2) is 9.97 Å². The molecule has 0 aromatic carbocycles. The zero-order valence-corrected chi connectivity index (χ0v) is 9.16. The summed E-state index contributed by atoms with van der Waals surface area (Å²) in [6.45, 7) is 5.24. The van der Waals surface area contributed by atoms with Crippen LogP contribution in [0, 0.1) is 12.8 Å². The lowest BCUT2D eigenvalue weighted by Gasteiger charge is -2.22. The number of nitrogens with one attached hydrogen (secondary N) is 2. The van der Waals surface area contributed by atoms with E-state index in [0.29, 0.717) is 5.92 Å². The minimum absolute atomic E-state index is 0.712. The standard InChI is InChI=1S/C11H18N4/c1-9-5-13-11(14-6-9)15-8-10-3-2-4-12-7-10/h5-6,10,12H,2-4,7-8H2,1H3,(H,13,14,15). The second-order valence-corrected chi connectivity index (χ2v) is 4.18. The third kappa shape index (κ3) is 3.16. The Labute approximate surface area is 90.5 Å². The average Bonchev–Trinajstić information content (AvgIpc) is 2.30. The van der Waals surface area contributed by atoms with Crippen LogP contribution < -0.4 is 10.6 Å². The van der Waals surface area contributed by atoms with E-state index in [0.717, 1.165) is 31.1 Å². The van der Waals surface area contributed by atoms with Gasteiger partial charge in [0.1, 0.15) is 0 Å². The average molecular weight is 206 g/mol. The summed E-state index contributed by atoms with van der Waals surface area (Å²) in [5.41, 5.74) is 1.10. The van der Waals surface area contributed by atoms with Crippen molar-refractivity contribution in [2.75, 3.05) is 25.0 Å². The minimum Gasteiger partial charge on any atom is -0.354 e. The largest absolute Gasteiger partial charge is 0.354 e. The highest BCUT2D eigenvalue weighted by Gasteiger charge is 2.12. The maximum Gasteiger partial charge on any atom is 0.222 e. The molecule has 2 rings (SSSR count). The number of piperidine rings is 1. The fraction of sp³-hybridized carbons (Fsp3) is 0.636. The number of anilines is 1. The van der Waals surface area contributed by atoms with Crippen molar-refractivity contribution >= 4 is 5.95 Å². The molecule has 1 saturated heterocycles. The Hall–Kier alpha value is -1.16. The van der Waals surface area contributed by atoms with E-state index in [1.807, 2.05) is 19.3 Å². The summed E-state index contributed by atoms with van der Waals surface area (Å²) in [6.07, 6.45) is 6.26. The molecular formula is C11H18N4. The Kier molecular flexibility index (Phi) is 3.50. The Morgan fingerprint density at radius 3 is 2.93 bits per heavy atom. The van der Waals surface area contributed by atoms with Gasteiger partial charge in [0.05, 0.1) is 0 Å². The maximum atomic E-state index is 4.22. The number of hydrogen-bond acceptors (Lipinski definition) is 4. The van der Waals surface area contributed by atoms with Gasteiger partial charge in [-0.2, -0.15) is 0 Å². The van der Waals surface area contributed by atoms with Crippen LogP contribution in [0.5, 0.6) is 0 Å². The Balaban J connectivity index is 1.79. The van der Waals surface area contributed by atoms with Crippen molar-refractivity contribution in [3.05, 3.63) is 18.0 Å². The quantitative estimate of drug-likeness (QED) is 0.780. The van der Waals surface area contributed by atoms with Gasteiger partial charge in [-0.1, -0.05) is 0 Å². The molecule has 2 N–H and O–H groups in total. The van der Waals surface area contributed by atoms with Gasteiger partial charge in [0.2, 0.25) is 5.95 Å². The van der Waals surface area contributed by atoms with Crippen LogP contribution in [0.2, 0.25) is 0 Å². The molecule has 0 amide bonds. The first-order chi connectivity index (χ1) is 7.34. The second-order valence-electron chi connectivity index (χ2n) is 4.18. The number of aryl methyl sites for hydroxylation is 1. The van der Waals surface area contributed by atoms with Gasteiger partial charge in [-0.3, -0.25) is 0 Å². The normalized spacial score (nSPS) is 21.3. The van der Waals surface area contributed by atoms with Crippen LogP contribution in [0.3, 0.4) is 0 Å². The van der Waals surface area contributed by atoms with Crippen molar-refractivity contribution in [3.8, 4) is 0 Å². The lowest BCUT2D eigenvalue weighted by molar-refractivity contribution is 0.392. The molecule has 1 aliphatic rings. The van der Waals surface area contributed by atoms with Crippen LogP contribution in [0.15, 0.2) is 12.4 Å². The Bertz CT molecular complexity index is 290. The van der Waals surface area contributed by atoms with Crippen LogP contribution in [0.1, 0.15) is 18.4 Å². The molecule has 0 spiro atoms. The minimum atomic E-state index is 0.712. The monoisotopic (exact) mass is 206 g/mol. The molecule has 82 valence electrons. The van der Waals surface area contributed by atoms with Crippen LogP contribution in [0.4, 0.5) is 5.95 Å². The number of aromatic nitrogens is 2. The molecule has 0 radical (unpaired) electrons. The molecule has 1 aliphatic heterocycles. The van der Waals surface area contributed by atoms with Gasteiger partial charge in [0.15, 0.2) is 0 Å². The molecule has 1 fully saturated rings. The van der Waals surface area contributed by atoms with Crippen molar-refractivity contribution in [3.63, 3.8) is 0 Å². The number of hydrogen-bond donors (Lipinski definition) is 2. The van der Waals surface area contributed by atoms with E-state index in [2.05, 4.69) is 20.6 Å². The van der Waals surface area contributed by atoms with Crippen molar-refractivity contribution < 1.29 is 0 Å². The number of nitrogens with zero attached hydrogens (tertiary/aromatic N) is 2. The summed E-state index contributed by atoms with van der Waals surface area (Å²) in [5.74, 6) is 1.45. The predicted octanol–water partition coefficient (Wildman–Crippen LogP) is 1.20. The van der Waals surface area contributed by atoms with Gasteiger partial charge in [-0.15, -0.1) is 0 Å². The summed E-state index contributed by atoms with van der Waals surface area (Å²) in [4.78, 5) is 8.44. The lowest BCUT2D eigenvalue weighted by Crippen LogP contribution is -2.33.